The summed E-state index contributed by atoms with van der Waals surface area (Å²) < 4.78 is 5.95. The molecule has 2 rings (SSSR count). The molecule has 2 heteroatoms. The number of hydrogen-bond donors (Lipinski definition) is 0. The molecule has 13 heavy (non-hydrogen) atoms. The van der Waals surface area contributed by atoms with Gasteiger partial charge in [-0.1, -0.05) is 28.8 Å². The number of alkyl halides is 1. The van der Waals surface area contributed by atoms with E-state index in [2.05, 4.69) is 15.9 Å². The predicted octanol–water partition coefficient (Wildman–Crippen LogP) is 3.51. The van der Waals surface area contributed by atoms with Crippen molar-refractivity contribution in [2.45, 2.75) is 55.9 Å². The van der Waals surface area contributed by atoms with Crippen LogP contribution in [0.2, 0.25) is 0 Å². The van der Waals surface area contributed by atoms with Crippen LogP contribution in [-0.2, 0) is 4.74 Å². The van der Waals surface area contributed by atoms with Crippen LogP contribution in [0.1, 0.15) is 44.9 Å². The van der Waals surface area contributed by atoms with Gasteiger partial charge in [-0.15, -0.1) is 0 Å². The Balaban J connectivity index is 1.66. The van der Waals surface area contributed by atoms with E-state index >= 15 is 0 Å². The minimum atomic E-state index is 0.514. The molecule has 0 aromatic heterocycles. The lowest BCUT2D eigenvalue weighted by atomic mass is 10.1. The molecule has 0 heterocycles. The third-order valence-electron chi connectivity index (χ3n) is 3.39. The third kappa shape index (κ3) is 2.69. The van der Waals surface area contributed by atoms with Crippen molar-refractivity contribution in [2.24, 2.45) is 5.92 Å². The molecule has 0 spiro atoms. The molecule has 1 nitrogen and oxygen atoms in total. The Morgan fingerprint density at radius 2 is 1.77 bits per heavy atom. The molecule has 0 amide bonds. The molecule has 76 valence electrons. The molecule has 0 N–H and O–H groups in total. The maximum absolute atomic E-state index is 5.95. The lowest BCUT2D eigenvalue weighted by Gasteiger charge is -2.18. The molecule has 0 aromatic carbocycles. The van der Waals surface area contributed by atoms with Crippen molar-refractivity contribution in [2.75, 3.05) is 6.61 Å². The van der Waals surface area contributed by atoms with Gasteiger partial charge in [0.25, 0.3) is 0 Å². The molecule has 0 bridgehead atoms. The molecule has 0 radical (unpaired) electrons. The van der Waals surface area contributed by atoms with Gasteiger partial charge in [0.15, 0.2) is 0 Å². The van der Waals surface area contributed by atoms with Gasteiger partial charge in [0.1, 0.15) is 0 Å². The Hall–Kier alpha value is 0.440. The minimum Gasteiger partial charge on any atom is -0.377 e. The number of rotatable bonds is 3. The smallest absolute Gasteiger partial charge is 0.0700 e. The van der Waals surface area contributed by atoms with Crippen molar-refractivity contribution in [3.63, 3.8) is 0 Å². The Morgan fingerprint density at radius 3 is 2.38 bits per heavy atom. The van der Waals surface area contributed by atoms with Crippen LogP contribution in [0.3, 0.4) is 0 Å². The monoisotopic (exact) mass is 246 g/mol. The summed E-state index contributed by atoms with van der Waals surface area (Å²) in [5.41, 5.74) is 0. The van der Waals surface area contributed by atoms with Gasteiger partial charge in [0, 0.05) is 11.4 Å². The van der Waals surface area contributed by atoms with Crippen LogP contribution in [0.4, 0.5) is 0 Å². The van der Waals surface area contributed by atoms with Crippen LogP contribution >= 0.6 is 15.9 Å². The summed E-state index contributed by atoms with van der Waals surface area (Å²) in [6, 6.07) is 0. The zero-order valence-corrected chi connectivity index (χ0v) is 9.76. The first-order valence-corrected chi connectivity index (χ1v) is 6.53. The van der Waals surface area contributed by atoms with Crippen molar-refractivity contribution in [1.82, 2.24) is 0 Å². The molecule has 2 atom stereocenters. The fraction of sp³-hybridized carbons (Fsp3) is 1.00. The largest absolute Gasteiger partial charge is 0.377 e. The SMILES string of the molecule is BrC1CCCC1OCC1CCCC1. The second-order valence-electron chi connectivity index (χ2n) is 4.47. The summed E-state index contributed by atoms with van der Waals surface area (Å²) in [5, 5.41) is 0. The van der Waals surface area contributed by atoms with E-state index in [1.807, 2.05) is 0 Å². The highest BCUT2D eigenvalue weighted by atomic mass is 79.9. The summed E-state index contributed by atoms with van der Waals surface area (Å²) in [7, 11) is 0. The van der Waals surface area contributed by atoms with Crippen LogP contribution in [0, 0.1) is 5.92 Å². The van der Waals surface area contributed by atoms with Crippen LogP contribution in [0.25, 0.3) is 0 Å². The summed E-state index contributed by atoms with van der Waals surface area (Å²) in [4.78, 5) is 0.633. The predicted molar refractivity (Wildman–Crippen MR) is 58.3 cm³/mol. The fourth-order valence-electron chi connectivity index (χ4n) is 2.51. The number of hydrogen-bond acceptors (Lipinski definition) is 1. The van der Waals surface area contributed by atoms with Gasteiger partial charge in [-0.3, -0.25) is 0 Å². The van der Waals surface area contributed by atoms with Gasteiger partial charge < -0.3 is 4.74 Å². The van der Waals surface area contributed by atoms with Gasteiger partial charge in [0.2, 0.25) is 0 Å². The topological polar surface area (TPSA) is 9.23 Å². The standard InChI is InChI=1S/C11H19BrO/c12-10-6-3-7-11(10)13-8-9-4-1-2-5-9/h9-11H,1-8H2. The van der Waals surface area contributed by atoms with E-state index in [-0.39, 0.29) is 0 Å². The highest BCUT2D eigenvalue weighted by Gasteiger charge is 2.26. The lowest BCUT2D eigenvalue weighted by Crippen LogP contribution is -2.21. The Morgan fingerprint density at radius 1 is 1.00 bits per heavy atom. The van der Waals surface area contributed by atoms with E-state index < -0.39 is 0 Å². The average Bonchev–Trinajstić information content (AvgIpc) is 2.72. The van der Waals surface area contributed by atoms with Crippen LogP contribution in [-0.4, -0.2) is 17.5 Å². The van der Waals surface area contributed by atoms with Crippen molar-refractivity contribution in [3.05, 3.63) is 0 Å². The minimum absolute atomic E-state index is 0.514. The van der Waals surface area contributed by atoms with Gasteiger partial charge in [-0.2, -0.15) is 0 Å². The summed E-state index contributed by atoms with van der Waals surface area (Å²) in [5.74, 6) is 0.875. The zero-order chi connectivity index (χ0) is 9.10. The molecule has 2 unspecified atom stereocenters. The molecule has 2 aliphatic carbocycles. The van der Waals surface area contributed by atoms with E-state index in [0.29, 0.717) is 10.9 Å². The van der Waals surface area contributed by atoms with Gasteiger partial charge >= 0.3 is 0 Å². The first kappa shape index (κ1) is 9.97. The van der Waals surface area contributed by atoms with Gasteiger partial charge in [-0.25, -0.2) is 0 Å². The summed E-state index contributed by atoms with van der Waals surface area (Å²) >= 11 is 3.69. The molecule has 0 aliphatic heterocycles. The second-order valence-corrected chi connectivity index (χ2v) is 5.65. The Labute approximate surface area is 89.4 Å². The van der Waals surface area contributed by atoms with Crippen molar-refractivity contribution < 1.29 is 4.74 Å². The van der Waals surface area contributed by atoms with Crippen molar-refractivity contribution in [1.29, 1.82) is 0 Å². The lowest BCUT2D eigenvalue weighted by molar-refractivity contribution is 0.0387. The third-order valence-corrected chi connectivity index (χ3v) is 4.44. The highest BCUT2D eigenvalue weighted by Crippen LogP contribution is 2.30. The Bertz CT molecular complexity index is 154. The zero-order valence-electron chi connectivity index (χ0n) is 8.18. The molecule has 0 saturated heterocycles. The maximum atomic E-state index is 5.95. The van der Waals surface area contributed by atoms with E-state index in [9.17, 15) is 0 Å². The van der Waals surface area contributed by atoms with E-state index in [4.69, 9.17) is 4.74 Å². The molecule has 2 saturated carbocycles. The Kier molecular flexibility index (Phi) is 3.67. The molecular weight excluding hydrogens is 228 g/mol. The average molecular weight is 247 g/mol. The van der Waals surface area contributed by atoms with Crippen LogP contribution in [0.5, 0.6) is 0 Å². The van der Waals surface area contributed by atoms with Crippen molar-refractivity contribution in [3.8, 4) is 0 Å². The molecule has 2 fully saturated rings. The maximum Gasteiger partial charge on any atom is 0.0700 e. The highest BCUT2D eigenvalue weighted by molar-refractivity contribution is 9.09. The first-order valence-electron chi connectivity index (χ1n) is 5.62. The summed E-state index contributed by atoms with van der Waals surface area (Å²) in [6.45, 7) is 1.02. The molecule has 0 aromatic rings. The van der Waals surface area contributed by atoms with E-state index in [1.54, 1.807) is 0 Å². The van der Waals surface area contributed by atoms with Crippen LogP contribution < -0.4 is 0 Å². The van der Waals surface area contributed by atoms with E-state index in [1.165, 1.54) is 44.9 Å². The quantitative estimate of drug-likeness (QED) is 0.693. The number of halogens is 1. The molecular formula is C11H19BrO. The molecule has 2 aliphatic rings. The van der Waals surface area contributed by atoms with E-state index in [0.717, 1.165) is 12.5 Å². The number of ether oxygens (including phenoxy) is 1. The second kappa shape index (κ2) is 4.79. The summed E-state index contributed by atoms with van der Waals surface area (Å²) in [6.07, 6.45) is 10.1. The fourth-order valence-corrected chi connectivity index (χ4v) is 3.25. The first-order chi connectivity index (χ1) is 6.36. The van der Waals surface area contributed by atoms with Gasteiger partial charge in [-0.05, 0) is 38.0 Å². The van der Waals surface area contributed by atoms with Crippen molar-refractivity contribution >= 4 is 15.9 Å². The van der Waals surface area contributed by atoms with Gasteiger partial charge in [0.05, 0.1) is 6.10 Å². The van der Waals surface area contributed by atoms with Crippen LogP contribution in [0.15, 0.2) is 0 Å². The normalized spacial score (nSPS) is 35.8.